The van der Waals surface area contributed by atoms with Crippen LogP contribution in [0, 0.1) is 0 Å². The molecule has 1 saturated heterocycles. The Morgan fingerprint density at radius 3 is 2.27 bits per heavy atom. The molecule has 124 valence electrons. The minimum Gasteiger partial charge on any atom is -0.449 e. The van der Waals surface area contributed by atoms with E-state index >= 15 is 0 Å². The van der Waals surface area contributed by atoms with Crippen molar-refractivity contribution in [1.82, 2.24) is 4.90 Å². The molecule has 1 aliphatic rings. The van der Waals surface area contributed by atoms with Crippen LogP contribution in [0.4, 0.5) is 5.88 Å². The summed E-state index contributed by atoms with van der Waals surface area (Å²) in [5.74, 6) is 0.742. The van der Waals surface area contributed by atoms with Crippen LogP contribution < -0.4 is 10.6 Å². The van der Waals surface area contributed by atoms with Gasteiger partial charge in [-0.15, -0.1) is 0 Å². The molecule has 1 aromatic rings. The second-order valence-electron chi connectivity index (χ2n) is 7.01. The van der Waals surface area contributed by atoms with E-state index in [1.807, 2.05) is 6.07 Å². The highest BCUT2D eigenvalue weighted by Gasteiger charge is 2.40. The van der Waals surface area contributed by atoms with Gasteiger partial charge in [0, 0.05) is 32.2 Å². The van der Waals surface area contributed by atoms with E-state index in [0.29, 0.717) is 5.66 Å². The Kier molecular flexibility index (Phi) is 4.92. The molecule has 6 nitrogen and oxygen atoms in total. The summed E-state index contributed by atoms with van der Waals surface area (Å²) in [7, 11) is 0.893. The lowest BCUT2D eigenvalue weighted by Gasteiger charge is -2.38. The third kappa shape index (κ3) is 3.84. The molecule has 0 radical (unpaired) electrons. The fourth-order valence-electron chi connectivity index (χ4n) is 2.15. The van der Waals surface area contributed by atoms with Crippen molar-refractivity contribution in [2.75, 3.05) is 38.1 Å². The van der Waals surface area contributed by atoms with E-state index in [9.17, 15) is 10.1 Å². The molecule has 7 heteroatoms. The molecule has 0 unspecified atom stereocenters. The average molecular weight is 310 g/mol. The summed E-state index contributed by atoms with van der Waals surface area (Å²) in [6.45, 7) is 10.5. The van der Waals surface area contributed by atoms with E-state index in [2.05, 4.69) is 16.8 Å². The van der Waals surface area contributed by atoms with Crippen LogP contribution in [0.25, 0.3) is 0 Å². The zero-order chi connectivity index (χ0) is 16.5. The fourth-order valence-corrected chi connectivity index (χ4v) is 2.15. The van der Waals surface area contributed by atoms with Crippen LogP contribution >= 0.6 is 0 Å². The molecule has 0 bridgehead atoms. The van der Waals surface area contributed by atoms with E-state index in [1.165, 1.54) is 0 Å². The van der Waals surface area contributed by atoms with Crippen molar-refractivity contribution in [3.05, 3.63) is 12.1 Å². The zero-order valence-electron chi connectivity index (χ0n) is 14.2. The SMILES string of the molecule is CN1CCN(c2ccc(B(O)OC(C)(C)C(C)(C)O)o2)CC1. The molecule has 1 aromatic heterocycles. The second-order valence-corrected chi connectivity index (χ2v) is 7.01. The topological polar surface area (TPSA) is 69.3 Å². The molecular formula is C15H27BN2O4. The molecule has 0 aliphatic carbocycles. The van der Waals surface area contributed by atoms with Crippen LogP contribution in [0.2, 0.25) is 0 Å². The Morgan fingerprint density at radius 2 is 1.73 bits per heavy atom. The number of aliphatic hydroxyl groups is 1. The van der Waals surface area contributed by atoms with Crippen LogP contribution in [0.15, 0.2) is 16.5 Å². The van der Waals surface area contributed by atoms with Crippen molar-refractivity contribution < 1.29 is 19.2 Å². The van der Waals surface area contributed by atoms with Crippen LogP contribution in [-0.4, -0.2) is 66.6 Å². The third-order valence-electron chi connectivity index (χ3n) is 4.55. The van der Waals surface area contributed by atoms with Crippen LogP contribution in [0.3, 0.4) is 0 Å². The van der Waals surface area contributed by atoms with E-state index in [1.54, 1.807) is 33.8 Å². The Balaban J connectivity index is 2.02. The van der Waals surface area contributed by atoms with Gasteiger partial charge in [0.1, 0.15) is 5.66 Å². The first kappa shape index (κ1) is 17.3. The first-order chi connectivity index (χ1) is 10.1. The third-order valence-corrected chi connectivity index (χ3v) is 4.55. The number of furan rings is 1. The van der Waals surface area contributed by atoms with Crippen molar-refractivity contribution in [2.24, 2.45) is 0 Å². The Hall–Kier alpha value is -1.02. The highest BCUT2D eigenvalue weighted by Crippen LogP contribution is 2.25. The molecule has 2 N–H and O–H groups in total. The lowest BCUT2D eigenvalue weighted by atomic mass is 9.81. The van der Waals surface area contributed by atoms with Gasteiger partial charge < -0.3 is 29.0 Å². The van der Waals surface area contributed by atoms with Gasteiger partial charge in [-0.25, -0.2) is 0 Å². The van der Waals surface area contributed by atoms with Gasteiger partial charge in [-0.3, -0.25) is 0 Å². The molecule has 1 fully saturated rings. The standard InChI is InChI=1S/C15H27BN2O4/c1-14(2,19)15(3,4)22-16(20)12-6-7-13(21-12)18-10-8-17(5)9-11-18/h6-7,19-20H,8-11H2,1-5H3. The Morgan fingerprint density at radius 1 is 1.14 bits per heavy atom. The highest BCUT2D eigenvalue weighted by molar-refractivity contribution is 6.58. The molecular weight excluding hydrogens is 283 g/mol. The summed E-state index contributed by atoms with van der Waals surface area (Å²) in [5, 5.41) is 20.3. The molecule has 2 rings (SSSR count). The monoisotopic (exact) mass is 310 g/mol. The largest absolute Gasteiger partial charge is 0.529 e. The number of hydrogen-bond acceptors (Lipinski definition) is 6. The van der Waals surface area contributed by atoms with Gasteiger partial charge >= 0.3 is 7.12 Å². The maximum Gasteiger partial charge on any atom is 0.529 e. The first-order valence-corrected chi connectivity index (χ1v) is 7.71. The van der Waals surface area contributed by atoms with Crippen LogP contribution in [0.1, 0.15) is 27.7 Å². The molecule has 1 aliphatic heterocycles. The van der Waals surface area contributed by atoms with Crippen molar-refractivity contribution in [1.29, 1.82) is 0 Å². The van der Waals surface area contributed by atoms with Gasteiger partial charge in [-0.2, -0.15) is 0 Å². The number of rotatable bonds is 5. The minimum absolute atomic E-state index is 0.353. The molecule has 0 amide bonds. The lowest BCUT2D eigenvalue weighted by Crippen LogP contribution is -2.53. The summed E-state index contributed by atoms with van der Waals surface area (Å²) >= 11 is 0. The van der Waals surface area contributed by atoms with Gasteiger partial charge in [0.05, 0.1) is 11.2 Å². The number of nitrogens with zero attached hydrogens (tertiary/aromatic N) is 2. The van der Waals surface area contributed by atoms with Gasteiger partial charge in [0.25, 0.3) is 0 Å². The van der Waals surface area contributed by atoms with Gasteiger partial charge in [0.2, 0.25) is 0 Å². The Bertz CT molecular complexity index is 490. The van der Waals surface area contributed by atoms with Crippen molar-refractivity contribution in [3.8, 4) is 0 Å². The zero-order valence-corrected chi connectivity index (χ0v) is 14.2. The molecule has 0 atom stereocenters. The smallest absolute Gasteiger partial charge is 0.449 e. The predicted molar refractivity (Wildman–Crippen MR) is 87.5 cm³/mol. The summed E-state index contributed by atoms with van der Waals surface area (Å²) < 4.78 is 11.3. The maximum absolute atomic E-state index is 10.2. The first-order valence-electron chi connectivity index (χ1n) is 7.71. The van der Waals surface area contributed by atoms with E-state index in [-0.39, 0.29) is 0 Å². The predicted octanol–water partition coefficient (Wildman–Crippen LogP) is 0.285. The fraction of sp³-hybridized carbons (Fsp3) is 0.733. The lowest BCUT2D eigenvalue weighted by molar-refractivity contribution is -0.0986. The van der Waals surface area contributed by atoms with Crippen LogP contribution in [0.5, 0.6) is 0 Å². The summed E-state index contributed by atoms with van der Waals surface area (Å²) in [6, 6.07) is 3.57. The molecule has 0 aromatic carbocycles. The van der Waals surface area contributed by atoms with Crippen molar-refractivity contribution in [3.63, 3.8) is 0 Å². The van der Waals surface area contributed by atoms with Crippen molar-refractivity contribution >= 4 is 18.7 Å². The summed E-state index contributed by atoms with van der Waals surface area (Å²) in [5.41, 5.74) is -1.64. The van der Waals surface area contributed by atoms with Gasteiger partial charge in [0.15, 0.2) is 5.88 Å². The number of anilines is 1. The number of likely N-dealkylation sites (N-methyl/N-ethyl adjacent to an activating group) is 1. The van der Waals surface area contributed by atoms with Crippen LogP contribution in [-0.2, 0) is 4.65 Å². The quantitative estimate of drug-likeness (QED) is 0.762. The maximum atomic E-state index is 10.2. The average Bonchev–Trinajstić information content (AvgIpc) is 2.87. The van der Waals surface area contributed by atoms with Crippen molar-refractivity contribution in [2.45, 2.75) is 38.9 Å². The number of piperazine rings is 1. The van der Waals surface area contributed by atoms with E-state index in [0.717, 1.165) is 32.1 Å². The Labute approximate surface area is 132 Å². The van der Waals surface area contributed by atoms with E-state index in [4.69, 9.17) is 9.07 Å². The van der Waals surface area contributed by atoms with Gasteiger partial charge in [-0.05, 0) is 40.8 Å². The minimum atomic E-state index is -1.21. The second kappa shape index (κ2) is 6.24. The highest BCUT2D eigenvalue weighted by atomic mass is 16.6. The normalized spacial score (nSPS) is 17.9. The summed E-state index contributed by atoms with van der Waals surface area (Å²) in [4.78, 5) is 4.42. The molecule has 2 heterocycles. The summed E-state index contributed by atoms with van der Waals surface area (Å²) in [6.07, 6.45) is 0. The van der Waals surface area contributed by atoms with Gasteiger partial charge in [-0.1, -0.05) is 0 Å². The van der Waals surface area contributed by atoms with E-state index < -0.39 is 18.3 Å². The molecule has 22 heavy (non-hydrogen) atoms. The molecule has 0 spiro atoms. The number of hydrogen-bond donors (Lipinski definition) is 2. The molecule has 0 saturated carbocycles.